The molecule has 1 aliphatic heterocycles. The van der Waals surface area contributed by atoms with Crippen molar-refractivity contribution in [3.8, 4) is 17.2 Å². The molecule has 30 heavy (non-hydrogen) atoms. The summed E-state index contributed by atoms with van der Waals surface area (Å²) in [6.07, 6.45) is 0. The number of phenols is 1. The molecular formula is C20H24N2O7S. The summed E-state index contributed by atoms with van der Waals surface area (Å²) < 4.78 is 43.3. The number of morpholine rings is 1. The average molecular weight is 436 g/mol. The highest BCUT2D eigenvalue weighted by atomic mass is 32.2. The van der Waals surface area contributed by atoms with E-state index in [9.17, 15) is 18.3 Å². The lowest BCUT2D eigenvalue weighted by Crippen LogP contribution is -2.40. The van der Waals surface area contributed by atoms with Gasteiger partial charge in [-0.2, -0.15) is 4.31 Å². The number of anilines is 1. The fourth-order valence-electron chi connectivity index (χ4n) is 3.13. The second-order valence-electron chi connectivity index (χ2n) is 6.70. The number of methoxy groups -OCH3 is 2. The van der Waals surface area contributed by atoms with Gasteiger partial charge in [0, 0.05) is 19.2 Å². The number of phenolic OH excluding ortho intramolecular Hbond substituents is 1. The Balaban J connectivity index is 2.04. The van der Waals surface area contributed by atoms with E-state index in [1.807, 2.05) is 0 Å². The Morgan fingerprint density at radius 1 is 1.13 bits per heavy atom. The lowest BCUT2D eigenvalue weighted by Gasteiger charge is -2.26. The Morgan fingerprint density at radius 3 is 2.43 bits per heavy atom. The second kappa shape index (κ2) is 8.90. The zero-order valence-electron chi connectivity index (χ0n) is 17.0. The topological polar surface area (TPSA) is 114 Å². The summed E-state index contributed by atoms with van der Waals surface area (Å²) in [5.74, 6) is -0.567. The minimum Gasteiger partial charge on any atom is -0.506 e. The Labute approximate surface area is 175 Å². The number of rotatable bonds is 6. The molecule has 0 aliphatic carbocycles. The van der Waals surface area contributed by atoms with Gasteiger partial charge in [-0.05, 0) is 30.7 Å². The third-order valence-electron chi connectivity index (χ3n) is 4.71. The summed E-state index contributed by atoms with van der Waals surface area (Å²) >= 11 is 0. The zero-order valence-corrected chi connectivity index (χ0v) is 17.8. The van der Waals surface area contributed by atoms with Crippen LogP contribution in [0.1, 0.15) is 15.9 Å². The molecule has 2 N–H and O–H groups in total. The highest BCUT2D eigenvalue weighted by Gasteiger charge is 2.30. The number of nitrogens with zero attached hydrogens (tertiary/aromatic N) is 1. The smallest absolute Gasteiger partial charge is 0.259 e. The molecule has 1 aliphatic rings. The van der Waals surface area contributed by atoms with E-state index in [-0.39, 0.29) is 46.5 Å². The van der Waals surface area contributed by atoms with Crippen LogP contribution in [-0.4, -0.2) is 64.3 Å². The van der Waals surface area contributed by atoms with E-state index in [2.05, 4.69) is 5.32 Å². The van der Waals surface area contributed by atoms with Crippen LogP contribution in [0.2, 0.25) is 0 Å². The Kier molecular flexibility index (Phi) is 6.49. The molecule has 1 fully saturated rings. The first kappa shape index (κ1) is 21.9. The molecule has 0 unspecified atom stereocenters. The van der Waals surface area contributed by atoms with Gasteiger partial charge in [-0.3, -0.25) is 4.79 Å². The standard InChI is InChI=1S/C20H24N2O7S/c1-13-4-5-16(17(23)10-13)21-20(24)15-11-14(12-18(27-2)19(15)28-3)30(25,26)22-6-8-29-9-7-22/h4-5,10-12,23H,6-9H2,1-3H3,(H,21,24). The van der Waals surface area contributed by atoms with Gasteiger partial charge in [0.1, 0.15) is 5.75 Å². The summed E-state index contributed by atoms with van der Waals surface area (Å²) in [6.45, 7) is 2.84. The second-order valence-corrected chi connectivity index (χ2v) is 8.64. The maximum absolute atomic E-state index is 13.1. The van der Waals surface area contributed by atoms with Crippen LogP contribution in [0.3, 0.4) is 0 Å². The third-order valence-corrected chi connectivity index (χ3v) is 6.58. The molecule has 0 aromatic heterocycles. The molecule has 2 aromatic rings. The molecule has 0 atom stereocenters. The van der Waals surface area contributed by atoms with Crippen LogP contribution >= 0.6 is 0 Å². The number of hydrogen-bond donors (Lipinski definition) is 2. The number of aromatic hydroxyl groups is 1. The summed E-state index contributed by atoms with van der Waals surface area (Å²) in [5, 5.41) is 12.7. The predicted octanol–water partition coefficient (Wildman–Crippen LogP) is 1.99. The van der Waals surface area contributed by atoms with Crippen molar-refractivity contribution in [3.63, 3.8) is 0 Å². The minimum absolute atomic E-state index is 0.0383. The van der Waals surface area contributed by atoms with Crippen molar-refractivity contribution in [2.45, 2.75) is 11.8 Å². The van der Waals surface area contributed by atoms with E-state index in [4.69, 9.17) is 14.2 Å². The molecule has 1 saturated heterocycles. The molecule has 3 rings (SSSR count). The molecule has 10 heteroatoms. The van der Waals surface area contributed by atoms with E-state index in [1.54, 1.807) is 19.1 Å². The van der Waals surface area contributed by atoms with Gasteiger partial charge in [-0.15, -0.1) is 0 Å². The summed E-state index contributed by atoms with van der Waals surface area (Å²) in [5.41, 5.74) is 0.972. The van der Waals surface area contributed by atoms with Gasteiger partial charge < -0.3 is 24.6 Å². The van der Waals surface area contributed by atoms with Gasteiger partial charge in [0.15, 0.2) is 11.5 Å². The molecular weight excluding hydrogens is 412 g/mol. The van der Waals surface area contributed by atoms with Crippen LogP contribution in [0.25, 0.3) is 0 Å². The molecule has 162 valence electrons. The van der Waals surface area contributed by atoms with Gasteiger partial charge >= 0.3 is 0 Å². The van der Waals surface area contributed by atoms with E-state index in [1.165, 1.54) is 36.7 Å². The van der Waals surface area contributed by atoms with Crippen molar-refractivity contribution >= 4 is 21.6 Å². The SMILES string of the molecule is COc1cc(S(=O)(=O)N2CCOCC2)cc(C(=O)Nc2ccc(C)cc2O)c1OC. The van der Waals surface area contributed by atoms with E-state index < -0.39 is 15.9 Å². The number of carbonyl (C=O) groups excluding carboxylic acids is 1. The predicted molar refractivity (Wildman–Crippen MR) is 110 cm³/mol. The number of ether oxygens (including phenoxy) is 3. The third kappa shape index (κ3) is 4.35. The van der Waals surface area contributed by atoms with Crippen molar-refractivity contribution in [1.29, 1.82) is 0 Å². The fraction of sp³-hybridized carbons (Fsp3) is 0.350. The van der Waals surface area contributed by atoms with E-state index >= 15 is 0 Å². The monoisotopic (exact) mass is 436 g/mol. The van der Waals surface area contributed by atoms with Crippen LogP contribution in [0, 0.1) is 6.92 Å². The fourth-order valence-corrected chi connectivity index (χ4v) is 4.58. The average Bonchev–Trinajstić information content (AvgIpc) is 2.75. The first-order valence-electron chi connectivity index (χ1n) is 9.23. The summed E-state index contributed by atoms with van der Waals surface area (Å²) in [4.78, 5) is 12.9. The number of benzene rings is 2. The first-order chi connectivity index (χ1) is 14.3. The van der Waals surface area contributed by atoms with Gasteiger partial charge in [0.25, 0.3) is 5.91 Å². The van der Waals surface area contributed by atoms with Crippen molar-refractivity contribution in [3.05, 3.63) is 41.5 Å². The zero-order chi connectivity index (χ0) is 21.9. The number of hydrogen-bond acceptors (Lipinski definition) is 7. The molecule has 0 radical (unpaired) electrons. The Morgan fingerprint density at radius 2 is 1.83 bits per heavy atom. The highest BCUT2D eigenvalue weighted by molar-refractivity contribution is 7.89. The van der Waals surface area contributed by atoms with Crippen molar-refractivity contribution in [2.75, 3.05) is 45.8 Å². The van der Waals surface area contributed by atoms with Crippen LogP contribution in [0.15, 0.2) is 35.2 Å². The van der Waals surface area contributed by atoms with Gasteiger partial charge in [-0.25, -0.2) is 8.42 Å². The quantitative estimate of drug-likeness (QED) is 0.666. The summed E-state index contributed by atoms with van der Waals surface area (Å²) in [7, 11) is -1.16. The van der Waals surface area contributed by atoms with Crippen molar-refractivity contribution < 1.29 is 32.5 Å². The Bertz CT molecular complexity index is 1050. The Hall–Kier alpha value is -2.82. The van der Waals surface area contributed by atoms with Crippen molar-refractivity contribution in [1.82, 2.24) is 4.31 Å². The molecule has 0 spiro atoms. The highest BCUT2D eigenvalue weighted by Crippen LogP contribution is 2.36. The molecule has 0 saturated carbocycles. The number of nitrogens with one attached hydrogen (secondary N) is 1. The molecule has 0 bridgehead atoms. The van der Waals surface area contributed by atoms with Crippen LogP contribution in [-0.2, 0) is 14.8 Å². The number of sulfonamides is 1. The van der Waals surface area contributed by atoms with Crippen LogP contribution in [0.4, 0.5) is 5.69 Å². The van der Waals surface area contributed by atoms with Crippen molar-refractivity contribution in [2.24, 2.45) is 0 Å². The largest absolute Gasteiger partial charge is 0.506 e. The lowest BCUT2D eigenvalue weighted by atomic mass is 10.1. The summed E-state index contributed by atoms with van der Waals surface area (Å²) in [6, 6.07) is 7.36. The van der Waals surface area contributed by atoms with Crippen LogP contribution in [0.5, 0.6) is 17.2 Å². The molecule has 1 heterocycles. The normalized spacial score (nSPS) is 14.9. The molecule has 2 aromatic carbocycles. The van der Waals surface area contributed by atoms with Gasteiger partial charge in [-0.1, -0.05) is 6.07 Å². The van der Waals surface area contributed by atoms with Gasteiger partial charge in [0.2, 0.25) is 10.0 Å². The lowest BCUT2D eigenvalue weighted by molar-refractivity contribution is 0.0730. The van der Waals surface area contributed by atoms with E-state index in [0.29, 0.717) is 13.2 Å². The molecule has 9 nitrogen and oxygen atoms in total. The number of amides is 1. The molecule has 1 amide bonds. The first-order valence-corrected chi connectivity index (χ1v) is 10.7. The number of carbonyl (C=O) groups is 1. The maximum Gasteiger partial charge on any atom is 0.259 e. The van der Waals surface area contributed by atoms with Crippen LogP contribution < -0.4 is 14.8 Å². The maximum atomic E-state index is 13.1. The van der Waals surface area contributed by atoms with Gasteiger partial charge in [0.05, 0.1) is 43.6 Å². The minimum atomic E-state index is -3.87. The number of aryl methyl sites for hydroxylation is 1. The van der Waals surface area contributed by atoms with E-state index in [0.717, 1.165) is 5.56 Å².